The predicted molar refractivity (Wildman–Crippen MR) is 124 cm³/mol. The molecule has 7 heteroatoms. The van der Waals surface area contributed by atoms with Crippen molar-refractivity contribution >= 4 is 47.7 Å². The zero-order valence-corrected chi connectivity index (χ0v) is 20.2. The average molecular weight is 500 g/mol. The minimum atomic E-state index is -0.376. The Morgan fingerprint density at radius 2 is 1.88 bits per heavy atom. The minimum Gasteiger partial charge on any atom is -0.460 e. The largest absolute Gasteiger partial charge is 0.460 e. The molecule has 0 aromatic heterocycles. The highest BCUT2D eigenvalue weighted by molar-refractivity contribution is 14.0. The molecule has 1 aliphatic rings. The number of ether oxygens (including phenoxy) is 1. The number of rotatable bonds is 9. The third-order valence-electron chi connectivity index (χ3n) is 4.30. The van der Waals surface area contributed by atoms with E-state index < -0.39 is 0 Å². The molecule has 1 aliphatic carbocycles. The van der Waals surface area contributed by atoms with Gasteiger partial charge in [-0.3, -0.25) is 9.79 Å². The molecule has 0 bridgehead atoms. The second-order valence-electron chi connectivity index (χ2n) is 7.76. The van der Waals surface area contributed by atoms with E-state index in [0.717, 1.165) is 43.4 Å². The van der Waals surface area contributed by atoms with Crippen molar-refractivity contribution in [2.24, 2.45) is 4.99 Å². The molecule has 2 unspecified atom stereocenters. The summed E-state index contributed by atoms with van der Waals surface area (Å²) in [5.74, 6) is 0.829. The fourth-order valence-corrected chi connectivity index (χ4v) is 3.82. The Balaban J connectivity index is 0.00000625. The van der Waals surface area contributed by atoms with Crippen LogP contribution in [0, 0.1) is 0 Å². The summed E-state index contributed by atoms with van der Waals surface area (Å²) >= 11 is 1.97. The summed E-state index contributed by atoms with van der Waals surface area (Å²) in [7, 11) is 1.83. The maximum atomic E-state index is 11.6. The SMILES string of the molecule is CN=C(NCCCCCCC(=O)OC(C)(C)C)NC1CCC(SC)C1.I. The van der Waals surface area contributed by atoms with Crippen LogP contribution in [0.25, 0.3) is 0 Å². The fraction of sp³-hybridized carbons (Fsp3) is 0.895. The number of unbranched alkanes of at least 4 members (excludes halogenated alkanes) is 3. The van der Waals surface area contributed by atoms with Crippen LogP contribution in [0.1, 0.15) is 72.1 Å². The molecule has 5 nitrogen and oxygen atoms in total. The number of halogens is 1. The monoisotopic (exact) mass is 499 g/mol. The lowest BCUT2D eigenvalue weighted by molar-refractivity contribution is -0.154. The van der Waals surface area contributed by atoms with Gasteiger partial charge < -0.3 is 15.4 Å². The van der Waals surface area contributed by atoms with Crippen molar-refractivity contribution in [1.82, 2.24) is 10.6 Å². The molecule has 26 heavy (non-hydrogen) atoms. The Morgan fingerprint density at radius 3 is 2.46 bits per heavy atom. The van der Waals surface area contributed by atoms with Crippen molar-refractivity contribution in [2.45, 2.75) is 89.0 Å². The summed E-state index contributed by atoms with van der Waals surface area (Å²) in [5.41, 5.74) is -0.376. The normalized spacial score (nSPS) is 20.4. The van der Waals surface area contributed by atoms with Gasteiger partial charge in [0.25, 0.3) is 0 Å². The molecule has 0 aromatic rings. The van der Waals surface area contributed by atoms with Gasteiger partial charge in [-0.25, -0.2) is 0 Å². The third kappa shape index (κ3) is 12.3. The van der Waals surface area contributed by atoms with Gasteiger partial charge in [-0.05, 0) is 59.1 Å². The quantitative estimate of drug-likeness (QED) is 0.163. The van der Waals surface area contributed by atoms with Crippen molar-refractivity contribution in [1.29, 1.82) is 0 Å². The van der Waals surface area contributed by atoms with Crippen LogP contribution in [0.2, 0.25) is 0 Å². The Hall–Kier alpha value is -0.180. The lowest BCUT2D eigenvalue weighted by atomic mass is 10.1. The average Bonchev–Trinajstić information content (AvgIpc) is 2.98. The van der Waals surface area contributed by atoms with Crippen LogP contribution in [0.3, 0.4) is 0 Å². The number of esters is 1. The second-order valence-corrected chi connectivity index (χ2v) is 8.90. The van der Waals surface area contributed by atoms with E-state index >= 15 is 0 Å². The van der Waals surface area contributed by atoms with Crippen LogP contribution in [0.5, 0.6) is 0 Å². The number of aliphatic imine (C=N–C) groups is 1. The van der Waals surface area contributed by atoms with Crippen LogP contribution in [-0.4, -0.2) is 48.7 Å². The van der Waals surface area contributed by atoms with E-state index in [-0.39, 0.29) is 35.5 Å². The standard InChI is InChI=1S/C19H37N3O2S.HI/c1-19(2,3)24-17(23)10-8-6-7-9-13-21-18(20-4)22-15-11-12-16(14-15)25-5;/h15-16H,6-14H2,1-5H3,(H2,20,21,22);1H. The lowest BCUT2D eigenvalue weighted by Crippen LogP contribution is -2.42. The molecule has 1 saturated carbocycles. The van der Waals surface area contributed by atoms with Gasteiger partial charge in [0.2, 0.25) is 0 Å². The summed E-state index contributed by atoms with van der Waals surface area (Å²) in [6.07, 6.45) is 10.6. The van der Waals surface area contributed by atoms with Crippen molar-refractivity contribution in [3.05, 3.63) is 0 Å². The Morgan fingerprint density at radius 1 is 1.19 bits per heavy atom. The van der Waals surface area contributed by atoms with E-state index in [9.17, 15) is 4.79 Å². The summed E-state index contributed by atoms with van der Waals surface area (Å²) < 4.78 is 5.31. The molecule has 0 saturated heterocycles. The molecule has 0 spiro atoms. The van der Waals surface area contributed by atoms with Gasteiger partial charge in [0.1, 0.15) is 5.60 Å². The Bertz CT molecular complexity index is 427. The summed E-state index contributed by atoms with van der Waals surface area (Å²) in [6, 6.07) is 0.553. The Labute approximate surface area is 181 Å². The maximum Gasteiger partial charge on any atom is 0.306 e. The minimum absolute atomic E-state index is 0. The first-order valence-electron chi connectivity index (χ1n) is 9.56. The number of nitrogens with zero attached hydrogens (tertiary/aromatic N) is 1. The van der Waals surface area contributed by atoms with Gasteiger partial charge in [-0.15, -0.1) is 24.0 Å². The predicted octanol–water partition coefficient (Wildman–Crippen LogP) is 4.35. The van der Waals surface area contributed by atoms with E-state index in [1.54, 1.807) is 0 Å². The smallest absolute Gasteiger partial charge is 0.306 e. The number of hydrogen-bond acceptors (Lipinski definition) is 4. The van der Waals surface area contributed by atoms with Gasteiger partial charge >= 0.3 is 5.97 Å². The van der Waals surface area contributed by atoms with Crippen molar-refractivity contribution in [2.75, 3.05) is 19.8 Å². The molecule has 0 heterocycles. The summed E-state index contributed by atoms with van der Waals surface area (Å²) in [4.78, 5) is 15.9. The molecule has 0 aromatic carbocycles. The van der Waals surface area contributed by atoms with E-state index in [4.69, 9.17) is 4.74 Å². The molecule has 0 amide bonds. The number of nitrogens with one attached hydrogen (secondary N) is 2. The molecular weight excluding hydrogens is 461 g/mol. The van der Waals surface area contributed by atoms with E-state index in [2.05, 4.69) is 21.9 Å². The van der Waals surface area contributed by atoms with E-state index in [1.807, 2.05) is 39.6 Å². The van der Waals surface area contributed by atoms with Gasteiger partial charge in [-0.1, -0.05) is 12.8 Å². The first-order valence-corrected chi connectivity index (χ1v) is 10.8. The van der Waals surface area contributed by atoms with E-state index in [0.29, 0.717) is 12.5 Å². The molecule has 0 aliphatic heterocycles. The number of thioether (sulfide) groups is 1. The van der Waals surface area contributed by atoms with Gasteiger partial charge in [0.05, 0.1) is 0 Å². The number of guanidine groups is 1. The highest BCUT2D eigenvalue weighted by Gasteiger charge is 2.24. The summed E-state index contributed by atoms with van der Waals surface area (Å²) in [6.45, 7) is 6.64. The highest BCUT2D eigenvalue weighted by atomic mass is 127. The van der Waals surface area contributed by atoms with Crippen molar-refractivity contribution < 1.29 is 9.53 Å². The van der Waals surface area contributed by atoms with Crippen molar-refractivity contribution in [3.63, 3.8) is 0 Å². The third-order valence-corrected chi connectivity index (χ3v) is 5.40. The van der Waals surface area contributed by atoms with E-state index in [1.165, 1.54) is 19.3 Å². The summed E-state index contributed by atoms with van der Waals surface area (Å²) in [5, 5.41) is 7.73. The van der Waals surface area contributed by atoms with Crippen LogP contribution in [0.15, 0.2) is 4.99 Å². The first-order chi connectivity index (χ1) is 11.8. The van der Waals surface area contributed by atoms with Crippen LogP contribution < -0.4 is 10.6 Å². The van der Waals surface area contributed by atoms with Crippen molar-refractivity contribution in [3.8, 4) is 0 Å². The molecule has 1 fully saturated rings. The molecule has 1 rings (SSSR count). The van der Waals surface area contributed by atoms with Gasteiger partial charge in [-0.2, -0.15) is 11.8 Å². The number of carbonyl (C=O) groups excluding carboxylic acids is 1. The van der Waals surface area contributed by atoms with Crippen LogP contribution in [-0.2, 0) is 9.53 Å². The fourth-order valence-electron chi connectivity index (χ4n) is 3.02. The van der Waals surface area contributed by atoms with Gasteiger partial charge in [0.15, 0.2) is 5.96 Å². The zero-order valence-electron chi connectivity index (χ0n) is 17.1. The molecule has 2 atom stereocenters. The molecular formula is C19H38IN3O2S. The Kier molecular flexibility index (Phi) is 13.8. The van der Waals surface area contributed by atoms with Gasteiger partial charge in [0, 0.05) is 31.3 Å². The molecule has 154 valence electrons. The maximum absolute atomic E-state index is 11.6. The lowest BCUT2D eigenvalue weighted by Gasteiger charge is -2.19. The molecule has 2 N–H and O–H groups in total. The molecule has 0 radical (unpaired) electrons. The van der Waals surface area contributed by atoms with Crippen LogP contribution in [0.4, 0.5) is 0 Å². The zero-order chi connectivity index (χ0) is 18.7. The topological polar surface area (TPSA) is 62.7 Å². The second kappa shape index (κ2) is 13.9. The highest BCUT2D eigenvalue weighted by Crippen LogP contribution is 2.27. The van der Waals surface area contributed by atoms with Crippen LogP contribution >= 0.6 is 35.7 Å². The number of hydrogen-bond donors (Lipinski definition) is 2. The number of carbonyl (C=O) groups is 1. The first kappa shape index (κ1) is 25.8.